The summed E-state index contributed by atoms with van der Waals surface area (Å²) < 4.78 is 0. The van der Waals surface area contributed by atoms with Crippen molar-refractivity contribution in [1.82, 2.24) is 0 Å². The number of rotatable bonds is 2. The fraction of sp³-hybridized carbons (Fsp3) is 0.100. The Bertz CT molecular complexity index is 959. The minimum atomic E-state index is -0.762. The van der Waals surface area contributed by atoms with E-state index in [0.29, 0.717) is 16.4 Å². The van der Waals surface area contributed by atoms with Crippen molar-refractivity contribution in [2.45, 2.75) is 13.8 Å². The van der Waals surface area contributed by atoms with Gasteiger partial charge in [0.05, 0.1) is 10.7 Å². The van der Waals surface area contributed by atoms with Gasteiger partial charge >= 0.3 is 11.8 Å². The van der Waals surface area contributed by atoms with Gasteiger partial charge in [0.2, 0.25) is 0 Å². The monoisotopic (exact) mass is 352 g/mol. The molecule has 126 valence electrons. The molecule has 0 radical (unpaired) electrons. The second kappa shape index (κ2) is 6.95. The number of carbonyl (C=O) groups is 2. The van der Waals surface area contributed by atoms with Gasteiger partial charge in [0.25, 0.3) is 0 Å². The molecule has 0 saturated heterocycles. The minimum Gasteiger partial charge on any atom is -0.318 e. The minimum absolute atomic E-state index is 0.407. The summed E-state index contributed by atoms with van der Waals surface area (Å²) in [6.45, 7) is 3.74. The van der Waals surface area contributed by atoms with Crippen LogP contribution in [0.2, 0.25) is 5.02 Å². The summed E-state index contributed by atoms with van der Waals surface area (Å²) in [6.07, 6.45) is 0. The van der Waals surface area contributed by atoms with E-state index >= 15 is 0 Å². The van der Waals surface area contributed by atoms with Gasteiger partial charge in [-0.25, -0.2) is 0 Å². The second-order valence-electron chi connectivity index (χ2n) is 5.91. The average Bonchev–Trinajstić information content (AvgIpc) is 2.57. The van der Waals surface area contributed by atoms with Gasteiger partial charge in [0.1, 0.15) is 0 Å². The first kappa shape index (κ1) is 17.0. The van der Waals surface area contributed by atoms with Crippen LogP contribution >= 0.6 is 11.6 Å². The van der Waals surface area contributed by atoms with Gasteiger partial charge in [0, 0.05) is 5.69 Å². The van der Waals surface area contributed by atoms with Gasteiger partial charge < -0.3 is 10.6 Å². The highest BCUT2D eigenvalue weighted by Crippen LogP contribution is 2.27. The van der Waals surface area contributed by atoms with Crippen LogP contribution < -0.4 is 10.6 Å². The number of hydrogen-bond acceptors (Lipinski definition) is 2. The number of fused-ring (bicyclic) bond motifs is 1. The van der Waals surface area contributed by atoms with Crippen LogP contribution in [0.3, 0.4) is 0 Å². The fourth-order valence-electron chi connectivity index (χ4n) is 2.70. The molecule has 3 aromatic carbocycles. The Morgan fingerprint density at radius 3 is 2.24 bits per heavy atom. The average molecular weight is 353 g/mol. The van der Waals surface area contributed by atoms with E-state index in [-0.39, 0.29) is 0 Å². The molecule has 0 atom stereocenters. The summed E-state index contributed by atoms with van der Waals surface area (Å²) in [4.78, 5) is 24.4. The van der Waals surface area contributed by atoms with Crippen LogP contribution in [-0.4, -0.2) is 11.8 Å². The van der Waals surface area contributed by atoms with E-state index in [1.54, 1.807) is 12.1 Å². The SMILES string of the molecule is Cc1cc(C)c(NC(=O)C(=O)Nc2ccc3ccccc3c2)c(Cl)c1. The van der Waals surface area contributed by atoms with Gasteiger partial charge in [-0.05, 0) is 53.9 Å². The highest BCUT2D eigenvalue weighted by molar-refractivity contribution is 6.45. The zero-order chi connectivity index (χ0) is 18.0. The molecule has 2 amide bonds. The molecular formula is C20H17ClN2O2. The molecule has 0 saturated carbocycles. The Morgan fingerprint density at radius 2 is 1.52 bits per heavy atom. The highest BCUT2D eigenvalue weighted by Gasteiger charge is 2.17. The van der Waals surface area contributed by atoms with Gasteiger partial charge in [-0.15, -0.1) is 0 Å². The molecule has 0 aromatic heterocycles. The van der Waals surface area contributed by atoms with E-state index < -0.39 is 11.8 Å². The summed E-state index contributed by atoms with van der Waals surface area (Å²) in [7, 11) is 0. The fourth-order valence-corrected chi connectivity index (χ4v) is 3.07. The molecule has 5 heteroatoms. The highest BCUT2D eigenvalue weighted by atomic mass is 35.5. The summed E-state index contributed by atoms with van der Waals surface area (Å²) in [5.41, 5.74) is 2.80. The Hall–Kier alpha value is -2.85. The number of hydrogen-bond donors (Lipinski definition) is 2. The number of benzene rings is 3. The first-order valence-corrected chi connectivity index (χ1v) is 8.20. The Balaban J connectivity index is 1.75. The van der Waals surface area contributed by atoms with E-state index in [9.17, 15) is 9.59 Å². The first-order chi connectivity index (χ1) is 11.9. The molecule has 0 fully saturated rings. The molecule has 3 rings (SSSR count). The third kappa shape index (κ3) is 3.80. The van der Waals surface area contributed by atoms with Crippen molar-refractivity contribution < 1.29 is 9.59 Å². The molecule has 0 bridgehead atoms. The lowest BCUT2D eigenvalue weighted by molar-refractivity contribution is -0.133. The van der Waals surface area contributed by atoms with Crippen LogP contribution in [0.25, 0.3) is 10.8 Å². The lowest BCUT2D eigenvalue weighted by Gasteiger charge is -2.12. The molecule has 0 heterocycles. The molecular weight excluding hydrogens is 336 g/mol. The van der Waals surface area contributed by atoms with Gasteiger partial charge in [-0.2, -0.15) is 0 Å². The van der Waals surface area contributed by atoms with Gasteiger partial charge in [-0.3, -0.25) is 9.59 Å². The lowest BCUT2D eigenvalue weighted by atomic mass is 10.1. The first-order valence-electron chi connectivity index (χ1n) is 7.82. The Kier molecular flexibility index (Phi) is 4.72. The number of amides is 2. The quantitative estimate of drug-likeness (QED) is 0.657. The van der Waals surface area contributed by atoms with Crippen LogP contribution in [0.4, 0.5) is 11.4 Å². The molecule has 0 spiro atoms. The van der Waals surface area contributed by atoms with Crippen molar-refractivity contribution in [2.24, 2.45) is 0 Å². The van der Waals surface area contributed by atoms with Crippen LogP contribution in [0.5, 0.6) is 0 Å². The zero-order valence-corrected chi connectivity index (χ0v) is 14.6. The molecule has 25 heavy (non-hydrogen) atoms. The number of anilines is 2. The lowest BCUT2D eigenvalue weighted by Crippen LogP contribution is -2.29. The number of nitrogens with one attached hydrogen (secondary N) is 2. The van der Waals surface area contributed by atoms with Gasteiger partial charge in [0.15, 0.2) is 0 Å². The van der Waals surface area contributed by atoms with E-state index in [1.807, 2.05) is 56.3 Å². The predicted molar refractivity (Wildman–Crippen MR) is 102 cm³/mol. The Labute approximate surface area is 150 Å². The predicted octanol–water partition coefficient (Wildman–Crippen LogP) is 4.69. The van der Waals surface area contributed by atoms with E-state index in [4.69, 9.17) is 11.6 Å². The van der Waals surface area contributed by atoms with Crippen LogP contribution in [0.15, 0.2) is 54.6 Å². The van der Waals surface area contributed by atoms with E-state index in [2.05, 4.69) is 10.6 Å². The smallest absolute Gasteiger partial charge is 0.314 e. The van der Waals surface area contributed by atoms with Crippen molar-refractivity contribution in [3.63, 3.8) is 0 Å². The molecule has 4 nitrogen and oxygen atoms in total. The summed E-state index contributed by atoms with van der Waals surface area (Å²) in [5.74, 6) is -1.51. The van der Waals surface area contributed by atoms with Crippen molar-refractivity contribution >= 4 is 45.6 Å². The maximum atomic E-state index is 12.2. The van der Waals surface area contributed by atoms with E-state index in [0.717, 1.165) is 21.9 Å². The normalized spacial score (nSPS) is 10.5. The standard InChI is InChI=1S/C20H17ClN2O2/c1-12-9-13(2)18(17(21)10-12)23-20(25)19(24)22-16-8-7-14-5-3-4-6-15(14)11-16/h3-11H,1-2H3,(H,22,24)(H,23,25). The van der Waals surface area contributed by atoms with Crippen molar-refractivity contribution in [3.8, 4) is 0 Å². The van der Waals surface area contributed by atoms with Crippen LogP contribution in [0, 0.1) is 13.8 Å². The van der Waals surface area contributed by atoms with Gasteiger partial charge in [-0.1, -0.05) is 48.0 Å². The van der Waals surface area contributed by atoms with E-state index in [1.165, 1.54) is 0 Å². The maximum Gasteiger partial charge on any atom is 0.314 e. The molecule has 0 aliphatic rings. The summed E-state index contributed by atoms with van der Waals surface area (Å²) in [6, 6.07) is 16.9. The zero-order valence-electron chi connectivity index (χ0n) is 13.9. The largest absolute Gasteiger partial charge is 0.318 e. The topological polar surface area (TPSA) is 58.2 Å². The number of aryl methyl sites for hydroxylation is 2. The number of carbonyl (C=O) groups excluding carboxylic acids is 2. The van der Waals surface area contributed by atoms with Crippen molar-refractivity contribution in [3.05, 3.63) is 70.7 Å². The van der Waals surface area contributed by atoms with Crippen LogP contribution in [-0.2, 0) is 9.59 Å². The third-order valence-corrected chi connectivity index (χ3v) is 4.18. The molecule has 3 aromatic rings. The summed E-state index contributed by atoms with van der Waals surface area (Å²) in [5, 5.41) is 7.64. The van der Waals surface area contributed by atoms with Crippen molar-refractivity contribution in [2.75, 3.05) is 10.6 Å². The summed E-state index contributed by atoms with van der Waals surface area (Å²) >= 11 is 6.16. The second-order valence-corrected chi connectivity index (χ2v) is 6.32. The third-order valence-electron chi connectivity index (χ3n) is 3.88. The molecule has 0 aliphatic carbocycles. The maximum absolute atomic E-state index is 12.2. The van der Waals surface area contributed by atoms with Crippen molar-refractivity contribution in [1.29, 1.82) is 0 Å². The molecule has 0 unspecified atom stereocenters. The molecule has 2 N–H and O–H groups in total. The molecule has 0 aliphatic heterocycles. The Morgan fingerprint density at radius 1 is 0.840 bits per heavy atom. The number of halogens is 1. The van der Waals surface area contributed by atoms with Crippen LogP contribution in [0.1, 0.15) is 11.1 Å².